The van der Waals surface area contributed by atoms with Crippen LogP contribution in [0.1, 0.15) is 18.4 Å². The fourth-order valence-electron chi connectivity index (χ4n) is 1.85. The van der Waals surface area contributed by atoms with Gasteiger partial charge in [0.05, 0.1) is 4.90 Å². The highest BCUT2D eigenvalue weighted by Gasteiger charge is 2.17. The first-order valence-corrected chi connectivity index (χ1v) is 7.56. The molecule has 1 saturated heterocycles. The summed E-state index contributed by atoms with van der Waals surface area (Å²) >= 11 is 0. The average Bonchev–Trinajstić information content (AvgIpc) is 2.32. The summed E-state index contributed by atoms with van der Waals surface area (Å²) in [5, 5.41) is 3.08. The summed E-state index contributed by atoms with van der Waals surface area (Å²) in [7, 11) is -1.43. The van der Waals surface area contributed by atoms with Crippen LogP contribution in [0, 0.1) is 6.92 Å². The number of amidine groups is 1. The van der Waals surface area contributed by atoms with E-state index in [0.717, 1.165) is 18.5 Å². The molecule has 0 bridgehead atoms. The number of piperidine rings is 1. The van der Waals surface area contributed by atoms with Gasteiger partial charge in [-0.25, -0.2) is 0 Å². The van der Waals surface area contributed by atoms with Crippen molar-refractivity contribution in [2.45, 2.75) is 30.5 Å². The van der Waals surface area contributed by atoms with E-state index < -0.39 is 10.0 Å². The summed E-state index contributed by atoms with van der Waals surface area (Å²) in [5.74, 6) is 1.15. The Hall–Kier alpha value is -1.30. The molecule has 1 atom stereocenters. The van der Waals surface area contributed by atoms with Crippen LogP contribution in [-0.4, -0.2) is 28.6 Å². The largest absolute Gasteiger partial charge is 0.373 e. The summed E-state index contributed by atoms with van der Waals surface area (Å²) in [6, 6.07) is 6.76. The summed E-state index contributed by atoms with van der Waals surface area (Å²) in [4.78, 5) is 0.251. The van der Waals surface area contributed by atoms with Gasteiger partial charge in [-0.2, -0.15) is 8.42 Å². The van der Waals surface area contributed by atoms with E-state index in [1.165, 1.54) is 0 Å². The molecule has 1 heterocycles. The second-order valence-electron chi connectivity index (χ2n) is 4.85. The van der Waals surface area contributed by atoms with Crippen LogP contribution >= 0.6 is 0 Å². The molecular weight excluding hydrogens is 247 g/mol. The van der Waals surface area contributed by atoms with E-state index in [2.05, 4.69) is 17.6 Å². The molecule has 0 aromatic heterocycles. The number of nitrogens with zero attached hydrogens (tertiary/aromatic N) is 1. The Morgan fingerprint density at radius 3 is 2.56 bits per heavy atom. The van der Waals surface area contributed by atoms with E-state index in [0.29, 0.717) is 18.1 Å². The summed E-state index contributed by atoms with van der Waals surface area (Å²) in [6.45, 7) is 2.72. The highest BCUT2D eigenvalue weighted by molar-refractivity contribution is 7.90. The molecule has 18 heavy (non-hydrogen) atoms. The van der Waals surface area contributed by atoms with E-state index in [9.17, 15) is 8.42 Å². The molecule has 1 aromatic rings. The molecule has 2 rings (SSSR count). The first-order valence-electron chi connectivity index (χ1n) is 6.12. The zero-order valence-electron chi connectivity index (χ0n) is 10.7. The second kappa shape index (κ2) is 5.14. The number of hydrogen-bond donors (Lipinski definition) is 1. The Morgan fingerprint density at radius 1 is 1.33 bits per heavy atom. The quantitative estimate of drug-likeness (QED) is 0.807. The molecule has 0 amide bonds. The zero-order chi connectivity index (χ0) is 13.2. The van der Waals surface area contributed by atoms with Crippen LogP contribution in [0.3, 0.4) is 0 Å². The Bertz CT molecular complexity index is 542. The standard InChI is InChI=1S/C12H17BN2O2S/c1-9-2-5-11(6-3-9)18(16,17)15-12-7-4-10(13)8-14-12/h2-3,5-6,10H,4,7-8,13H2,1H3,(H,14,15). The third-order valence-electron chi connectivity index (χ3n) is 3.08. The fourth-order valence-corrected chi connectivity index (χ4v) is 2.88. The molecule has 0 saturated carbocycles. The van der Waals surface area contributed by atoms with Crippen molar-refractivity contribution in [3.8, 4) is 0 Å². The molecular formula is C12H17BN2O2S. The normalized spacial score (nSPS) is 22.7. The third kappa shape index (κ3) is 3.13. The van der Waals surface area contributed by atoms with Crippen molar-refractivity contribution < 1.29 is 8.42 Å². The first-order chi connectivity index (χ1) is 8.47. The van der Waals surface area contributed by atoms with Crippen LogP contribution in [0.4, 0.5) is 0 Å². The Labute approximate surface area is 109 Å². The van der Waals surface area contributed by atoms with Crippen LogP contribution in [0.5, 0.6) is 0 Å². The maximum absolute atomic E-state index is 12.1. The van der Waals surface area contributed by atoms with Gasteiger partial charge >= 0.3 is 0 Å². The predicted octanol–water partition coefficient (Wildman–Crippen LogP) is 0.887. The lowest BCUT2D eigenvalue weighted by molar-refractivity contribution is 0.596. The van der Waals surface area contributed by atoms with Crippen LogP contribution in [0.2, 0.25) is 5.82 Å². The van der Waals surface area contributed by atoms with Gasteiger partial charge < -0.3 is 5.32 Å². The third-order valence-corrected chi connectivity index (χ3v) is 4.41. The lowest BCUT2D eigenvalue weighted by atomic mass is 9.81. The van der Waals surface area contributed by atoms with Crippen LogP contribution < -0.4 is 5.32 Å². The SMILES string of the molecule is BC1CC/C(=N/S(=O)(=O)c2ccc(C)cc2)NC1. The summed E-state index contributed by atoms with van der Waals surface area (Å²) in [6.07, 6.45) is 1.68. The Kier molecular flexibility index (Phi) is 3.75. The van der Waals surface area contributed by atoms with Gasteiger partial charge in [-0.05, 0) is 25.5 Å². The van der Waals surface area contributed by atoms with Crippen molar-refractivity contribution in [2.75, 3.05) is 6.54 Å². The highest BCUT2D eigenvalue weighted by Crippen LogP contribution is 2.17. The van der Waals surface area contributed by atoms with Crippen molar-refractivity contribution in [2.24, 2.45) is 4.40 Å². The van der Waals surface area contributed by atoms with E-state index >= 15 is 0 Å². The minimum absolute atomic E-state index is 0.251. The molecule has 1 aliphatic heterocycles. The molecule has 1 aromatic carbocycles. The van der Waals surface area contributed by atoms with Gasteiger partial charge in [0.2, 0.25) is 0 Å². The molecule has 1 unspecified atom stereocenters. The minimum atomic E-state index is -3.57. The van der Waals surface area contributed by atoms with E-state index in [4.69, 9.17) is 0 Å². The number of aryl methyl sites for hydroxylation is 1. The zero-order valence-corrected chi connectivity index (χ0v) is 11.5. The van der Waals surface area contributed by atoms with Crippen LogP contribution in [-0.2, 0) is 10.0 Å². The van der Waals surface area contributed by atoms with Crippen molar-refractivity contribution in [1.82, 2.24) is 5.32 Å². The smallest absolute Gasteiger partial charge is 0.283 e. The molecule has 0 spiro atoms. The molecule has 0 radical (unpaired) electrons. The fraction of sp³-hybridized carbons (Fsp3) is 0.417. The maximum Gasteiger partial charge on any atom is 0.283 e. The molecule has 96 valence electrons. The van der Waals surface area contributed by atoms with Gasteiger partial charge in [0.1, 0.15) is 13.7 Å². The first kappa shape index (κ1) is 13.1. The summed E-state index contributed by atoms with van der Waals surface area (Å²) < 4.78 is 28.0. The lowest BCUT2D eigenvalue weighted by Crippen LogP contribution is -2.33. The number of sulfonamides is 1. The minimum Gasteiger partial charge on any atom is -0.373 e. The van der Waals surface area contributed by atoms with E-state index in [1.807, 2.05) is 6.92 Å². The van der Waals surface area contributed by atoms with Gasteiger partial charge in [0.25, 0.3) is 10.0 Å². The number of nitrogens with one attached hydrogen (secondary N) is 1. The van der Waals surface area contributed by atoms with Gasteiger partial charge in [-0.1, -0.05) is 23.5 Å². The van der Waals surface area contributed by atoms with Crippen LogP contribution in [0.15, 0.2) is 33.6 Å². The topological polar surface area (TPSA) is 58.5 Å². The average molecular weight is 264 g/mol. The van der Waals surface area contributed by atoms with Crippen LogP contribution in [0.25, 0.3) is 0 Å². The van der Waals surface area contributed by atoms with Crippen molar-refractivity contribution in [3.63, 3.8) is 0 Å². The summed E-state index contributed by atoms with van der Waals surface area (Å²) in [5.41, 5.74) is 1.03. The van der Waals surface area contributed by atoms with Gasteiger partial charge in [-0.3, -0.25) is 0 Å². The molecule has 6 heteroatoms. The number of rotatable bonds is 2. The molecule has 1 aliphatic rings. The highest BCUT2D eigenvalue weighted by atomic mass is 32.2. The van der Waals surface area contributed by atoms with E-state index in [1.54, 1.807) is 24.3 Å². The molecule has 0 aliphatic carbocycles. The Morgan fingerprint density at radius 2 is 2.00 bits per heavy atom. The maximum atomic E-state index is 12.1. The van der Waals surface area contributed by atoms with Crippen molar-refractivity contribution in [3.05, 3.63) is 29.8 Å². The van der Waals surface area contributed by atoms with Gasteiger partial charge in [0.15, 0.2) is 0 Å². The van der Waals surface area contributed by atoms with Gasteiger partial charge in [-0.15, -0.1) is 4.40 Å². The number of hydrogen-bond acceptors (Lipinski definition) is 2. The van der Waals surface area contributed by atoms with Crippen molar-refractivity contribution in [1.29, 1.82) is 0 Å². The lowest BCUT2D eigenvalue weighted by Gasteiger charge is -2.21. The predicted molar refractivity (Wildman–Crippen MR) is 75.3 cm³/mol. The second-order valence-corrected chi connectivity index (χ2v) is 6.45. The monoisotopic (exact) mass is 264 g/mol. The molecule has 1 fully saturated rings. The Balaban J connectivity index is 2.21. The number of benzene rings is 1. The molecule has 4 nitrogen and oxygen atoms in total. The molecule has 1 N–H and O–H groups in total. The van der Waals surface area contributed by atoms with Gasteiger partial charge in [0, 0.05) is 13.0 Å². The van der Waals surface area contributed by atoms with Crippen molar-refractivity contribution >= 4 is 23.7 Å². The van der Waals surface area contributed by atoms with E-state index in [-0.39, 0.29) is 4.90 Å².